The highest BCUT2D eigenvalue weighted by Gasteiger charge is 2.49. The number of anilines is 1. The zero-order chi connectivity index (χ0) is 20.6. The van der Waals surface area contributed by atoms with Gasteiger partial charge in [0.05, 0.1) is 28.3 Å². The van der Waals surface area contributed by atoms with E-state index in [9.17, 15) is 13.2 Å². The van der Waals surface area contributed by atoms with Crippen LogP contribution in [0.4, 0.5) is 5.69 Å². The average Bonchev–Trinajstić information content (AvgIpc) is 3.12. The van der Waals surface area contributed by atoms with Crippen molar-refractivity contribution in [3.8, 4) is 0 Å². The van der Waals surface area contributed by atoms with Gasteiger partial charge in [0, 0.05) is 16.7 Å². The van der Waals surface area contributed by atoms with Crippen LogP contribution >= 0.6 is 35.0 Å². The van der Waals surface area contributed by atoms with Crippen LogP contribution in [0.1, 0.15) is 12.0 Å². The zero-order valence-corrected chi connectivity index (χ0v) is 18.4. The molecule has 2 saturated heterocycles. The third-order valence-electron chi connectivity index (χ3n) is 4.93. The molecule has 1 amide bonds. The van der Waals surface area contributed by atoms with E-state index < -0.39 is 9.84 Å². The molecule has 152 valence electrons. The number of carbonyl (C=O) groups excluding carboxylic acids is 1. The van der Waals surface area contributed by atoms with Gasteiger partial charge in [-0.25, -0.2) is 8.42 Å². The van der Waals surface area contributed by atoms with Gasteiger partial charge in [-0.05, 0) is 30.2 Å². The summed E-state index contributed by atoms with van der Waals surface area (Å²) in [5, 5.41) is 1.20. The number of thioether (sulfide) groups is 1. The number of amidine groups is 1. The van der Waals surface area contributed by atoms with Crippen LogP contribution in [-0.4, -0.2) is 42.3 Å². The second kappa shape index (κ2) is 8.30. The molecule has 0 aromatic heterocycles. The van der Waals surface area contributed by atoms with Crippen molar-refractivity contribution in [3.63, 3.8) is 0 Å². The first-order valence-corrected chi connectivity index (χ1v) is 12.5. The van der Waals surface area contributed by atoms with E-state index in [0.29, 0.717) is 27.3 Å². The number of rotatable bonds is 4. The number of aryl methyl sites for hydroxylation is 1. The molecule has 2 aromatic rings. The highest BCUT2D eigenvalue weighted by atomic mass is 35.5. The van der Waals surface area contributed by atoms with Gasteiger partial charge in [-0.3, -0.25) is 4.79 Å². The van der Waals surface area contributed by atoms with Crippen LogP contribution < -0.4 is 4.90 Å². The number of carbonyl (C=O) groups is 1. The largest absolute Gasteiger partial charge is 0.314 e. The number of fused-ring (bicyclic) bond motifs is 1. The molecule has 0 N–H and O–H groups in total. The van der Waals surface area contributed by atoms with E-state index in [-0.39, 0.29) is 35.1 Å². The van der Waals surface area contributed by atoms with Crippen LogP contribution in [0.2, 0.25) is 10.0 Å². The fourth-order valence-electron chi connectivity index (χ4n) is 3.58. The van der Waals surface area contributed by atoms with Gasteiger partial charge in [0.2, 0.25) is 5.91 Å². The molecular formula is C20H18Cl2N2O3S2. The van der Waals surface area contributed by atoms with E-state index in [2.05, 4.69) is 4.99 Å². The summed E-state index contributed by atoms with van der Waals surface area (Å²) in [5.74, 6) is -0.156. The second-order valence-corrected chi connectivity index (χ2v) is 11.2. The minimum Gasteiger partial charge on any atom is -0.314 e. The minimum absolute atomic E-state index is 0.0147. The molecule has 29 heavy (non-hydrogen) atoms. The molecule has 0 saturated carbocycles. The van der Waals surface area contributed by atoms with Crippen molar-refractivity contribution in [3.05, 3.63) is 64.1 Å². The van der Waals surface area contributed by atoms with Gasteiger partial charge < -0.3 is 4.90 Å². The lowest BCUT2D eigenvalue weighted by Gasteiger charge is -2.25. The molecule has 2 fully saturated rings. The molecule has 2 aliphatic heterocycles. The van der Waals surface area contributed by atoms with Crippen LogP contribution in [0.3, 0.4) is 0 Å². The van der Waals surface area contributed by atoms with Crippen LogP contribution in [0, 0.1) is 0 Å². The third kappa shape index (κ3) is 4.63. The number of benzene rings is 2. The monoisotopic (exact) mass is 468 g/mol. The number of hydrogen-bond donors (Lipinski definition) is 0. The molecule has 2 atom stereocenters. The molecule has 2 heterocycles. The number of sulfone groups is 1. The maximum Gasteiger partial charge on any atom is 0.248 e. The summed E-state index contributed by atoms with van der Waals surface area (Å²) in [6.07, 6.45) is 0.883. The lowest BCUT2D eigenvalue weighted by atomic mass is 10.1. The summed E-state index contributed by atoms with van der Waals surface area (Å²) in [6, 6.07) is 14.5. The lowest BCUT2D eigenvalue weighted by Crippen LogP contribution is -2.37. The van der Waals surface area contributed by atoms with Crippen LogP contribution in [-0.2, 0) is 21.1 Å². The Balaban J connectivity index is 1.60. The number of nitrogens with zero attached hydrogens (tertiary/aromatic N) is 2. The maximum atomic E-state index is 12.5. The summed E-state index contributed by atoms with van der Waals surface area (Å²) in [4.78, 5) is 18.6. The molecule has 4 rings (SSSR count). The van der Waals surface area contributed by atoms with E-state index in [1.165, 1.54) is 11.8 Å². The van der Waals surface area contributed by atoms with Gasteiger partial charge in [-0.1, -0.05) is 65.3 Å². The molecule has 0 radical (unpaired) electrons. The molecule has 0 aliphatic carbocycles. The summed E-state index contributed by atoms with van der Waals surface area (Å²) < 4.78 is 24.3. The predicted octanol–water partition coefficient (Wildman–Crippen LogP) is 4.23. The Bertz CT molecular complexity index is 1070. The average molecular weight is 469 g/mol. The first-order valence-electron chi connectivity index (χ1n) is 9.09. The normalized spacial score (nSPS) is 24.1. The third-order valence-corrected chi connectivity index (χ3v) is 8.67. The van der Waals surface area contributed by atoms with Gasteiger partial charge >= 0.3 is 0 Å². The first kappa shape index (κ1) is 20.7. The van der Waals surface area contributed by atoms with Gasteiger partial charge in [0.15, 0.2) is 15.0 Å². The first-order chi connectivity index (χ1) is 13.8. The highest BCUT2D eigenvalue weighted by Crippen LogP contribution is 2.43. The van der Waals surface area contributed by atoms with Crippen LogP contribution in [0.5, 0.6) is 0 Å². The van der Waals surface area contributed by atoms with Crippen molar-refractivity contribution in [1.29, 1.82) is 0 Å². The maximum absolute atomic E-state index is 12.5. The predicted molar refractivity (Wildman–Crippen MR) is 120 cm³/mol. The van der Waals surface area contributed by atoms with Crippen molar-refractivity contribution < 1.29 is 13.2 Å². The number of halogens is 2. The van der Waals surface area contributed by atoms with Crippen molar-refractivity contribution in [2.45, 2.75) is 24.1 Å². The van der Waals surface area contributed by atoms with Crippen molar-refractivity contribution in [1.82, 2.24) is 0 Å². The van der Waals surface area contributed by atoms with Gasteiger partial charge in [-0.2, -0.15) is 4.99 Å². The summed E-state index contributed by atoms with van der Waals surface area (Å²) in [6.45, 7) is 0. The van der Waals surface area contributed by atoms with Gasteiger partial charge in [-0.15, -0.1) is 0 Å². The molecule has 0 spiro atoms. The lowest BCUT2D eigenvalue weighted by molar-refractivity contribution is -0.117. The quantitative estimate of drug-likeness (QED) is 0.671. The van der Waals surface area contributed by atoms with E-state index in [4.69, 9.17) is 23.2 Å². The smallest absolute Gasteiger partial charge is 0.248 e. The van der Waals surface area contributed by atoms with Crippen LogP contribution in [0.15, 0.2) is 53.5 Å². The number of hydrogen-bond acceptors (Lipinski definition) is 4. The molecule has 9 heteroatoms. The van der Waals surface area contributed by atoms with Crippen molar-refractivity contribution >= 4 is 61.6 Å². The SMILES string of the molecule is O=C(CCc1ccccc1)N=C1S[C@@H]2CS(=O)(=O)C[C@H]2N1c1ccc(Cl)cc1Cl. The molecule has 2 aliphatic rings. The van der Waals surface area contributed by atoms with E-state index >= 15 is 0 Å². The highest BCUT2D eigenvalue weighted by molar-refractivity contribution is 8.16. The molecule has 0 bridgehead atoms. The minimum atomic E-state index is -3.14. The number of aliphatic imine (C=N–C) groups is 1. The molecule has 0 unspecified atom stereocenters. The van der Waals surface area contributed by atoms with E-state index in [1.807, 2.05) is 30.3 Å². The molecule has 5 nitrogen and oxygen atoms in total. The Morgan fingerprint density at radius 1 is 1.14 bits per heavy atom. The Morgan fingerprint density at radius 2 is 1.90 bits per heavy atom. The zero-order valence-electron chi connectivity index (χ0n) is 15.3. The fraction of sp³-hybridized carbons (Fsp3) is 0.300. The Labute approximate surface area is 184 Å². The standard InChI is InChI=1S/C20H18Cl2N2O3S2/c21-14-7-8-16(15(22)10-14)24-17-11-29(26,27)12-18(17)28-20(24)23-19(25)9-6-13-4-2-1-3-5-13/h1-5,7-8,10,17-18H,6,9,11-12H2/t17-,18-/m1/s1. The fourth-order valence-corrected chi connectivity index (χ4v) is 8.01. The summed E-state index contributed by atoms with van der Waals surface area (Å²) in [7, 11) is -3.14. The van der Waals surface area contributed by atoms with Gasteiger partial charge in [0.25, 0.3) is 0 Å². The van der Waals surface area contributed by atoms with E-state index in [0.717, 1.165) is 5.56 Å². The summed E-state index contributed by atoms with van der Waals surface area (Å²) in [5.41, 5.74) is 1.68. The Kier molecular flexibility index (Phi) is 5.93. The molecule has 2 aromatic carbocycles. The Hall–Kier alpha value is -1.54. The van der Waals surface area contributed by atoms with Gasteiger partial charge in [0.1, 0.15) is 0 Å². The van der Waals surface area contributed by atoms with Crippen LogP contribution in [0.25, 0.3) is 0 Å². The molecular weight excluding hydrogens is 451 g/mol. The summed E-state index contributed by atoms with van der Waals surface area (Å²) >= 11 is 13.7. The van der Waals surface area contributed by atoms with Crippen molar-refractivity contribution in [2.24, 2.45) is 4.99 Å². The topological polar surface area (TPSA) is 66.8 Å². The van der Waals surface area contributed by atoms with Crippen molar-refractivity contribution in [2.75, 3.05) is 16.4 Å². The van der Waals surface area contributed by atoms with E-state index in [1.54, 1.807) is 23.1 Å². The Morgan fingerprint density at radius 3 is 2.62 bits per heavy atom. The second-order valence-electron chi connectivity index (χ2n) is 7.04. The number of amides is 1.